The van der Waals surface area contributed by atoms with Crippen molar-refractivity contribution in [1.29, 1.82) is 0 Å². The molecule has 28 heavy (non-hydrogen) atoms. The predicted octanol–water partition coefficient (Wildman–Crippen LogP) is 4.50. The van der Waals surface area contributed by atoms with Gasteiger partial charge in [0, 0.05) is 17.1 Å². The number of anilines is 3. The van der Waals surface area contributed by atoms with E-state index < -0.39 is 102 Å². The van der Waals surface area contributed by atoms with Crippen molar-refractivity contribution in [3.63, 3.8) is 0 Å². The monoisotopic (exact) mass is 378 g/mol. The standard InChI is InChI=1S/C24H20BNO2/c27-25(28)21-14-16-23(17-15-21)26(22-11-5-2-6-12-22)24-13-7-10-20(18-24)19-8-3-1-4-9-19/h1-18,27-28H/i1D,2D,3D,4D,5D,6D,7D,8D,9D,10D,11D,13D,18D. The van der Waals surface area contributed by atoms with Gasteiger partial charge in [0.15, 0.2) is 0 Å². The molecule has 0 amide bonds. The minimum absolute atomic E-state index is 0.0587. The predicted molar refractivity (Wildman–Crippen MR) is 116 cm³/mol. The van der Waals surface area contributed by atoms with Crippen LogP contribution in [0.3, 0.4) is 0 Å². The Labute approximate surface area is 183 Å². The van der Waals surface area contributed by atoms with Crippen molar-refractivity contribution in [1.82, 2.24) is 0 Å². The molecule has 136 valence electrons. The molecule has 0 saturated heterocycles. The van der Waals surface area contributed by atoms with Crippen LogP contribution in [0.25, 0.3) is 11.1 Å². The largest absolute Gasteiger partial charge is 0.488 e. The number of benzene rings is 4. The summed E-state index contributed by atoms with van der Waals surface area (Å²) in [5.74, 6) is 0. The van der Waals surface area contributed by atoms with Gasteiger partial charge in [0.25, 0.3) is 0 Å². The zero-order chi connectivity index (χ0) is 30.7. The molecule has 2 N–H and O–H groups in total. The van der Waals surface area contributed by atoms with Crippen molar-refractivity contribution in [3.8, 4) is 11.1 Å². The summed E-state index contributed by atoms with van der Waals surface area (Å²) in [5, 5.41) is 19.0. The maximum absolute atomic E-state index is 9.52. The molecule has 0 spiro atoms. The Hall–Kier alpha value is -3.34. The lowest BCUT2D eigenvalue weighted by Crippen LogP contribution is -2.29. The lowest BCUT2D eigenvalue weighted by atomic mass is 9.80. The van der Waals surface area contributed by atoms with Crippen molar-refractivity contribution >= 4 is 29.6 Å². The third-order valence-electron chi connectivity index (χ3n) is 3.81. The van der Waals surface area contributed by atoms with Crippen molar-refractivity contribution < 1.29 is 27.9 Å². The second-order valence-electron chi connectivity index (χ2n) is 5.57. The Balaban J connectivity index is 2.18. The Morgan fingerprint density at radius 3 is 2.00 bits per heavy atom. The highest BCUT2D eigenvalue weighted by Gasteiger charge is 2.15. The number of para-hydroxylation sites is 1. The minimum Gasteiger partial charge on any atom is -0.423 e. The van der Waals surface area contributed by atoms with E-state index in [1.165, 1.54) is 24.3 Å². The summed E-state index contributed by atoms with van der Waals surface area (Å²) in [7, 11) is -1.84. The third-order valence-corrected chi connectivity index (χ3v) is 3.81. The zero-order valence-corrected chi connectivity index (χ0v) is 14.3. The molecule has 4 aromatic rings. The average Bonchev–Trinajstić information content (AvgIpc) is 2.95. The molecule has 0 unspecified atom stereocenters. The molecule has 0 fully saturated rings. The van der Waals surface area contributed by atoms with Gasteiger partial charge in [-0.25, -0.2) is 0 Å². The summed E-state index contributed by atoms with van der Waals surface area (Å²) < 4.78 is 108. The topological polar surface area (TPSA) is 43.7 Å². The van der Waals surface area contributed by atoms with E-state index in [0.717, 1.165) is 11.0 Å². The van der Waals surface area contributed by atoms with Gasteiger partial charge < -0.3 is 14.9 Å². The van der Waals surface area contributed by atoms with E-state index in [1.807, 2.05) is 0 Å². The van der Waals surface area contributed by atoms with Crippen LogP contribution < -0.4 is 10.4 Å². The van der Waals surface area contributed by atoms with Crippen molar-refractivity contribution in [2.45, 2.75) is 0 Å². The van der Waals surface area contributed by atoms with E-state index in [9.17, 15) is 10.0 Å². The number of hydrogen-bond donors (Lipinski definition) is 2. The molecule has 0 heterocycles. The molecule has 4 heteroatoms. The molecule has 0 aromatic heterocycles. The van der Waals surface area contributed by atoms with Gasteiger partial charge in [-0.3, -0.25) is 0 Å². The summed E-state index contributed by atoms with van der Waals surface area (Å²) in [6, 6.07) is -2.65. The number of rotatable bonds is 5. The first-order valence-corrected chi connectivity index (χ1v) is 8.12. The van der Waals surface area contributed by atoms with Gasteiger partial charge in [-0.05, 0) is 52.9 Å². The molecule has 0 bridgehead atoms. The Kier molecular flexibility index (Phi) is 2.43. The first-order chi connectivity index (χ1) is 19.1. The van der Waals surface area contributed by atoms with Gasteiger partial charge in [-0.1, -0.05) is 72.6 Å². The van der Waals surface area contributed by atoms with Gasteiger partial charge in [0.1, 0.15) is 0 Å². The lowest BCUT2D eigenvalue weighted by molar-refractivity contribution is 0.426. The molecular formula is C24H20BNO2. The van der Waals surface area contributed by atoms with Crippen LogP contribution in [0.4, 0.5) is 17.1 Å². The van der Waals surface area contributed by atoms with Gasteiger partial charge in [-0.2, -0.15) is 0 Å². The smallest absolute Gasteiger partial charge is 0.423 e. The summed E-state index contributed by atoms with van der Waals surface area (Å²) in [5.41, 5.74) is -1.72. The highest BCUT2D eigenvalue weighted by Crippen LogP contribution is 2.35. The van der Waals surface area contributed by atoms with Crippen LogP contribution in [0.15, 0.2) is 109 Å². The highest BCUT2D eigenvalue weighted by molar-refractivity contribution is 6.58. The first-order valence-electron chi connectivity index (χ1n) is 14.6. The highest BCUT2D eigenvalue weighted by atomic mass is 16.4. The molecule has 0 aliphatic heterocycles. The lowest BCUT2D eigenvalue weighted by Gasteiger charge is -2.26. The van der Waals surface area contributed by atoms with Gasteiger partial charge in [0.2, 0.25) is 0 Å². The van der Waals surface area contributed by atoms with Crippen molar-refractivity contribution in [2.24, 2.45) is 0 Å². The average molecular weight is 378 g/mol. The van der Waals surface area contributed by atoms with E-state index in [4.69, 9.17) is 17.8 Å². The van der Waals surface area contributed by atoms with Crippen molar-refractivity contribution in [2.75, 3.05) is 4.90 Å². The maximum atomic E-state index is 9.52. The summed E-state index contributed by atoms with van der Waals surface area (Å²) in [4.78, 5) is 1.05. The SMILES string of the molecule is [2H]c1cc(N(c2ccc(B(O)O)cc2)c2c([2H])c([2H])c([2H])c(-c3c([2H])c([2H])c([2H])c([2H])c3[2H])c2[2H])c([2H])c([2H])c1[2H]. The molecule has 0 saturated carbocycles. The molecule has 0 aliphatic rings. The van der Waals surface area contributed by atoms with Gasteiger partial charge in [-0.15, -0.1) is 0 Å². The number of hydrogen-bond acceptors (Lipinski definition) is 3. The quantitative estimate of drug-likeness (QED) is 0.503. The van der Waals surface area contributed by atoms with Gasteiger partial charge in [0.05, 0.1) is 17.8 Å². The molecule has 0 radical (unpaired) electrons. The fourth-order valence-corrected chi connectivity index (χ4v) is 2.52. The molecule has 0 aliphatic carbocycles. The van der Waals surface area contributed by atoms with E-state index in [1.54, 1.807) is 0 Å². The number of nitrogens with zero attached hydrogens (tertiary/aromatic N) is 1. The van der Waals surface area contributed by atoms with Crippen LogP contribution in [-0.2, 0) is 0 Å². The second-order valence-corrected chi connectivity index (χ2v) is 5.57. The second kappa shape index (κ2) is 8.13. The van der Waals surface area contributed by atoms with Crippen LogP contribution in [0.2, 0.25) is 0 Å². The van der Waals surface area contributed by atoms with E-state index in [2.05, 4.69) is 0 Å². The Bertz CT molecular complexity index is 1690. The van der Waals surface area contributed by atoms with E-state index >= 15 is 0 Å². The molecule has 3 nitrogen and oxygen atoms in total. The fraction of sp³-hybridized carbons (Fsp3) is 0. The van der Waals surface area contributed by atoms with Crippen molar-refractivity contribution in [3.05, 3.63) is 109 Å². The maximum Gasteiger partial charge on any atom is 0.488 e. The molecular weight excluding hydrogens is 345 g/mol. The van der Waals surface area contributed by atoms with E-state index in [-0.39, 0.29) is 16.8 Å². The normalized spacial score (nSPS) is 17.0. The Morgan fingerprint density at radius 2 is 1.25 bits per heavy atom. The Morgan fingerprint density at radius 1 is 0.607 bits per heavy atom. The summed E-state index contributed by atoms with van der Waals surface area (Å²) in [6.07, 6.45) is 0. The van der Waals surface area contributed by atoms with Crippen LogP contribution in [-0.4, -0.2) is 17.2 Å². The first kappa shape index (κ1) is 8.35. The third kappa shape index (κ3) is 3.84. The van der Waals surface area contributed by atoms with Crippen LogP contribution in [0, 0.1) is 0 Å². The van der Waals surface area contributed by atoms with Crippen LogP contribution in [0.5, 0.6) is 0 Å². The summed E-state index contributed by atoms with van der Waals surface area (Å²) in [6.45, 7) is 0. The molecule has 4 rings (SSSR count). The minimum atomic E-state index is -1.84. The van der Waals surface area contributed by atoms with Gasteiger partial charge >= 0.3 is 7.12 Å². The summed E-state index contributed by atoms with van der Waals surface area (Å²) >= 11 is 0. The van der Waals surface area contributed by atoms with Crippen LogP contribution >= 0.6 is 0 Å². The van der Waals surface area contributed by atoms with Crippen LogP contribution in [0.1, 0.15) is 17.8 Å². The fourth-order valence-electron chi connectivity index (χ4n) is 2.52. The molecule has 0 atom stereocenters. The zero-order valence-electron chi connectivity index (χ0n) is 27.3. The van der Waals surface area contributed by atoms with E-state index in [0.29, 0.717) is 0 Å². The molecule has 4 aromatic carbocycles.